The highest BCUT2D eigenvalue weighted by atomic mass is 32.2. The van der Waals surface area contributed by atoms with E-state index in [0.717, 1.165) is 17.7 Å². The fraction of sp³-hybridized carbons (Fsp3) is 0.514. The number of hydrogen-bond donors (Lipinski definition) is 3. The number of halogens is 1. The molecule has 47 heavy (non-hydrogen) atoms. The van der Waals surface area contributed by atoms with Crippen molar-refractivity contribution in [1.29, 1.82) is 0 Å². The molecule has 3 aromatic rings. The number of amides is 1. The lowest BCUT2D eigenvalue weighted by Gasteiger charge is -2.37. The Morgan fingerprint density at radius 2 is 1.77 bits per heavy atom. The Kier molecular flexibility index (Phi) is 10.2. The monoisotopic (exact) mass is 664 g/mol. The summed E-state index contributed by atoms with van der Waals surface area (Å²) in [6.07, 6.45) is 5.33. The van der Waals surface area contributed by atoms with Gasteiger partial charge < -0.3 is 20.1 Å². The second-order valence-electron chi connectivity index (χ2n) is 15.0. The minimum atomic E-state index is -1.46. The molecule has 1 saturated carbocycles. The average Bonchev–Trinajstić information content (AvgIpc) is 3.78. The van der Waals surface area contributed by atoms with E-state index in [4.69, 9.17) is 9.72 Å². The third kappa shape index (κ3) is 8.39. The zero-order chi connectivity index (χ0) is 34.0. The number of carbonyl (C=O) groups excluding carboxylic acids is 1. The van der Waals surface area contributed by atoms with E-state index in [-0.39, 0.29) is 25.2 Å². The minimum absolute atomic E-state index is 0.0489. The van der Waals surface area contributed by atoms with Crippen LogP contribution in [-0.2, 0) is 26.9 Å². The van der Waals surface area contributed by atoms with Crippen LogP contribution >= 0.6 is 0 Å². The summed E-state index contributed by atoms with van der Waals surface area (Å²) in [4.78, 5) is 19.6. The molecule has 5 rings (SSSR count). The van der Waals surface area contributed by atoms with Crippen LogP contribution in [0.4, 0.5) is 14.9 Å². The molecule has 0 radical (unpaired) electrons. The molecule has 254 valence electrons. The lowest BCUT2D eigenvalue weighted by molar-refractivity contribution is 0.0117. The Morgan fingerprint density at radius 1 is 1.06 bits per heavy atom. The molecular weight excluding hydrogens is 615 g/mol. The lowest BCUT2D eigenvalue weighted by atomic mass is 9.82. The van der Waals surface area contributed by atoms with Crippen molar-refractivity contribution in [2.75, 3.05) is 18.4 Å². The highest BCUT2D eigenvalue weighted by molar-refractivity contribution is 7.84. The van der Waals surface area contributed by atoms with Crippen molar-refractivity contribution >= 4 is 22.8 Å². The molecule has 1 aromatic heterocycles. The van der Waals surface area contributed by atoms with Crippen LogP contribution in [0.2, 0.25) is 0 Å². The van der Waals surface area contributed by atoms with Gasteiger partial charge in [0.2, 0.25) is 0 Å². The third-order valence-corrected chi connectivity index (χ3v) is 10.6. The van der Waals surface area contributed by atoms with Crippen LogP contribution in [0.1, 0.15) is 90.5 Å². The first kappa shape index (κ1) is 35.0. The topological polar surface area (TPSA) is 104 Å². The SMILES string of the molecule is CC(C)(C)OC(=O)N1C[C@@](O)(c2ccccc2)C[C@@H]1CNc1cc(C(CCC2CC2)(N[S@@](=O)C(C)(C)C)c2ccccn2)ccc1F. The van der Waals surface area contributed by atoms with Gasteiger partial charge in [-0.3, -0.25) is 4.98 Å². The maximum absolute atomic E-state index is 15.6. The van der Waals surface area contributed by atoms with E-state index >= 15 is 4.39 Å². The zero-order valence-electron chi connectivity index (χ0n) is 28.4. The Morgan fingerprint density at radius 3 is 2.38 bits per heavy atom. The van der Waals surface area contributed by atoms with Crippen molar-refractivity contribution in [3.8, 4) is 0 Å². The van der Waals surface area contributed by atoms with Crippen molar-refractivity contribution in [3.63, 3.8) is 0 Å². The van der Waals surface area contributed by atoms with Gasteiger partial charge >= 0.3 is 6.09 Å². The van der Waals surface area contributed by atoms with E-state index in [9.17, 15) is 14.1 Å². The molecule has 10 heteroatoms. The number of pyridine rings is 1. The first-order valence-electron chi connectivity index (χ1n) is 16.5. The molecule has 1 aliphatic carbocycles. The summed E-state index contributed by atoms with van der Waals surface area (Å²) in [6, 6.07) is 19.4. The number of rotatable bonds is 11. The van der Waals surface area contributed by atoms with Crippen molar-refractivity contribution < 1.29 is 23.2 Å². The molecule has 2 fully saturated rings. The summed E-state index contributed by atoms with van der Waals surface area (Å²) in [6.45, 7) is 11.4. The van der Waals surface area contributed by atoms with Gasteiger partial charge in [0.25, 0.3) is 0 Å². The molecule has 2 aliphatic rings. The van der Waals surface area contributed by atoms with Gasteiger partial charge in [0, 0.05) is 19.2 Å². The van der Waals surface area contributed by atoms with Gasteiger partial charge in [-0.15, -0.1) is 0 Å². The average molecular weight is 665 g/mol. The maximum atomic E-state index is 15.6. The van der Waals surface area contributed by atoms with Crippen LogP contribution in [0.25, 0.3) is 0 Å². The first-order valence-corrected chi connectivity index (χ1v) is 17.7. The largest absolute Gasteiger partial charge is 0.444 e. The van der Waals surface area contributed by atoms with Gasteiger partial charge in [0.05, 0.1) is 45.2 Å². The van der Waals surface area contributed by atoms with Gasteiger partial charge in [-0.05, 0) is 95.7 Å². The molecule has 4 atom stereocenters. The molecule has 3 N–H and O–H groups in total. The van der Waals surface area contributed by atoms with Gasteiger partial charge in [-0.25, -0.2) is 18.1 Å². The number of ether oxygens (including phenoxy) is 1. The van der Waals surface area contributed by atoms with Crippen LogP contribution in [-0.4, -0.2) is 54.8 Å². The molecule has 1 aliphatic heterocycles. The van der Waals surface area contributed by atoms with E-state index < -0.39 is 50.4 Å². The number of benzene rings is 2. The van der Waals surface area contributed by atoms with Crippen LogP contribution < -0.4 is 10.0 Å². The van der Waals surface area contributed by atoms with Crippen molar-refractivity contribution in [3.05, 3.63) is 95.6 Å². The fourth-order valence-electron chi connectivity index (χ4n) is 6.14. The third-order valence-electron chi connectivity index (χ3n) is 8.92. The smallest absolute Gasteiger partial charge is 0.410 e. The van der Waals surface area contributed by atoms with Crippen LogP contribution in [0, 0.1) is 11.7 Å². The number of anilines is 1. The van der Waals surface area contributed by atoms with Crippen molar-refractivity contribution in [2.45, 2.75) is 101 Å². The second kappa shape index (κ2) is 13.6. The van der Waals surface area contributed by atoms with Crippen LogP contribution in [0.3, 0.4) is 0 Å². The Labute approximate surface area is 281 Å². The number of β-amino-alcohol motifs (C(OH)–C–C–N with tert-alkyl or cyclic N) is 1. The number of carbonyl (C=O) groups is 1. The molecule has 8 nitrogen and oxygen atoms in total. The Hall–Kier alpha value is -3.34. The summed E-state index contributed by atoms with van der Waals surface area (Å²) < 4.78 is 37.9. The Bertz CT molecular complexity index is 1560. The first-order chi connectivity index (χ1) is 22.1. The number of likely N-dealkylation sites (tertiary alicyclic amines) is 1. The van der Waals surface area contributed by atoms with Crippen molar-refractivity contribution in [2.24, 2.45) is 5.92 Å². The van der Waals surface area contributed by atoms with E-state index in [0.29, 0.717) is 17.9 Å². The number of hydrogen-bond acceptors (Lipinski definition) is 6. The second-order valence-corrected chi connectivity index (χ2v) is 17.0. The van der Waals surface area contributed by atoms with E-state index in [1.807, 2.05) is 69.3 Å². The number of nitrogens with one attached hydrogen (secondary N) is 2. The molecule has 2 heterocycles. The number of aliphatic hydroxyl groups is 1. The summed E-state index contributed by atoms with van der Waals surface area (Å²) in [5.74, 6) is 0.147. The highest BCUT2D eigenvalue weighted by Crippen LogP contribution is 2.42. The van der Waals surface area contributed by atoms with Gasteiger partial charge in [0.15, 0.2) is 0 Å². The van der Waals surface area contributed by atoms with Gasteiger partial charge in [0.1, 0.15) is 17.0 Å². The molecule has 1 saturated heterocycles. The summed E-state index contributed by atoms with van der Waals surface area (Å²) >= 11 is 0. The number of nitrogens with zero attached hydrogens (tertiary/aromatic N) is 2. The fourth-order valence-corrected chi connectivity index (χ4v) is 7.09. The van der Waals surface area contributed by atoms with Crippen molar-refractivity contribution in [1.82, 2.24) is 14.6 Å². The normalized spacial score (nSPS) is 22.0. The summed E-state index contributed by atoms with van der Waals surface area (Å²) in [7, 11) is -1.46. The van der Waals surface area contributed by atoms with Gasteiger partial charge in [-0.1, -0.05) is 55.3 Å². The molecule has 1 unspecified atom stereocenters. The zero-order valence-corrected chi connectivity index (χ0v) is 29.2. The van der Waals surface area contributed by atoms with Gasteiger partial charge in [-0.2, -0.15) is 0 Å². The predicted molar refractivity (Wildman–Crippen MR) is 185 cm³/mol. The molecule has 0 spiro atoms. The summed E-state index contributed by atoms with van der Waals surface area (Å²) in [5.41, 5.74) is -0.531. The lowest BCUT2D eigenvalue weighted by Crippen LogP contribution is -2.49. The predicted octanol–water partition coefficient (Wildman–Crippen LogP) is 7.02. The standard InChI is InChI=1S/C37H49FN4O4S/c1-34(2,3)46-33(43)42-25-36(44,27-12-8-7-9-13-27)23-29(42)24-40-31-22-28(17-18-30(31)38)37(20-19-26-15-16-26,32-14-10-11-21-39-32)41-47(45)35(4,5)6/h7-14,17-18,21-22,26,29,40-41,44H,15-16,19-20,23-25H2,1-6H3/t29-,36-,37?,47+/m1/s1. The van der Waals surface area contributed by atoms with Crippen LogP contribution in [0.15, 0.2) is 72.9 Å². The molecule has 1 amide bonds. The van der Waals surface area contributed by atoms with Crippen LogP contribution in [0.5, 0.6) is 0 Å². The summed E-state index contributed by atoms with van der Waals surface area (Å²) in [5, 5.41) is 15.0. The number of aromatic nitrogens is 1. The minimum Gasteiger partial charge on any atom is -0.444 e. The van der Waals surface area contributed by atoms with E-state index in [2.05, 4.69) is 10.0 Å². The van der Waals surface area contributed by atoms with E-state index in [1.165, 1.54) is 23.8 Å². The maximum Gasteiger partial charge on any atom is 0.410 e. The quantitative estimate of drug-likeness (QED) is 0.204. The molecule has 0 bridgehead atoms. The molecular formula is C37H49FN4O4S. The van der Waals surface area contributed by atoms with E-state index in [1.54, 1.807) is 39.1 Å². The highest BCUT2D eigenvalue weighted by Gasteiger charge is 2.47. The molecule has 2 aromatic carbocycles. The Balaban J connectivity index is 1.48.